The number of nitrogens with one attached hydrogen (secondary N) is 1. The lowest BCUT2D eigenvalue weighted by Gasteiger charge is -2.31. The summed E-state index contributed by atoms with van der Waals surface area (Å²) in [5.74, 6) is 0.886. The van der Waals surface area contributed by atoms with Gasteiger partial charge in [-0.05, 0) is 24.3 Å². The van der Waals surface area contributed by atoms with Gasteiger partial charge in [0.2, 0.25) is 0 Å². The van der Waals surface area contributed by atoms with Gasteiger partial charge >= 0.3 is 0 Å². The highest BCUT2D eigenvalue weighted by Gasteiger charge is 2.27. The lowest BCUT2D eigenvalue weighted by molar-refractivity contribution is 0.132. The average Bonchev–Trinajstić information content (AvgIpc) is 2.45. The van der Waals surface area contributed by atoms with Crippen molar-refractivity contribution in [2.75, 3.05) is 24.3 Å². The molecule has 4 nitrogen and oxygen atoms in total. The number of aliphatic hydroxyl groups excluding tert-OH is 2. The molecule has 0 aliphatic heterocycles. The van der Waals surface area contributed by atoms with Crippen LogP contribution in [0.15, 0.2) is 23.1 Å². The van der Waals surface area contributed by atoms with Crippen molar-refractivity contribution in [1.82, 2.24) is 0 Å². The van der Waals surface area contributed by atoms with Crippen LogP contribution in [0, 0.1) is 11.3 Å². The Bertz CT molecular complexity index is 445. The molecular formula is C14H20N2O2S. The summed E-state index contributed by atoms with van der Waals surface area (Å²) in [6.07, 6.45) is 0.565. The van der Waals surface area contributed by atoms with Crippen LogP contribution in [0.1, 0.15) is 25.8 Å². The first kappa shape index (κ1) is 15.8. The summed E-state index contributed by atoms with van der Waals surface area (Å²) in [5.41, 5.74) is 0.432. The molecule has 0 aliphatic carbocycles. The lowest BCUT2D eigenvalue weighted by atomic mass is 9.97. The summed E-state index contributed by atoms with van der Waals surface area (Å²) in [7, 11) is 0. The van der Waals surface area contributed by atoms with E-state index in [2.05, 4.69) is 11.4 Å². The number of rotatable bonds is 7. The molecule has 104 valence electrons. The Morgan fingerprint density at radius 1 is 1.32 bits per heavy atom. The third-order valence-corrected chi connectivity index (χ3v) is 4.06. The summed E-state index contributed by atoms with van der Waals surface area (Å²) in [5, 5.41) is 31.4. The molecule has 0 aromatic heterocycles. The molecule has 0 bridgehead atoms. The minimum atomic E-state index is -0.791. The summed E-state index contributed by atoms with van der Waals surface area (Å²) >= 11 is 1.60. The lowest BCUT2D eigenvalue weighted by Crippen LogP contribution is -2.45. The molecule has 0 aliphatic rings. The second-order valence-electron chi connectivity index (χ2n) is 4.30. The standard InChI is InChI=1S/C14H20N2O2S/c1-3-14(9-17,10-18)16-12-6-5-7-13(19-4-2)11(12)8-15/h5-7,16-18H,3-4,9-10H2,1-2H3. The Labute approximate surface area is 118 Å². The Balaban J connectivity index is 3.14. The van der Waals surface area contributed by atoms with E-state index in [1.54, 1.807) is 17.8 Å². The topological polar surface area (TPSA) is 76.3 Å². The molecule has 0 unspecified atom stereocenters. The van der Waals surface area contributed by atoms with Crippen molar-refractivity contribution >= 4 is 17.4 Å². The fraction of sp³-hybridized carbons (Fsp3) is 0.500. The monoisotopic (exact) mass is 280 g/mol. The molecule has 0 saturated heterocycles. The van der Waals surface area contributed by atoms with E-state index >= 15 is 0 Å². The molecular weight excluding hydrogens is 260 g/mol. The second-order valence-corrected chi connectivity index (χ2v) is 5.60. The van der Waals surface area contributed by atoms with Gasteiger partial charge in [-0.15, -0.1) is 11.8 Å². The minimum Gasteiger partial charge on any atom is -0.394 e. The van der Waals surface area contributed by atoms with E-state index in [1.807, 2.05) is 26.0 Å². The molecule has 0 atom stereocenters. The van der Waals surface area contributed by atoms with E-state index in [1.165, 1.54) is 0 Å². The molecule has 0 spiro atoms. The highest BCUT2D eigenvalue weighted by molar-refractivity contribution is 7.99. The first-order chi connectivity index (χ1) is 9.16. The van der Waals surface area contributed by atoms with E-state index in [0.717, 1.165) is 10.6 Å². The van der Waals surface area contributed by atoms with E-state index in [4.69, 9.17) is 0 Å². The number of hydrogen-bond acceptors (Lipinski definition) is 5. The molecule has 0 heterocycles. The highest BCUT2D eigenvalue weighted by Crippen LogP contribution is 2.30. The van der Waals surface area contributed by atoms with Gasteiger partial charge < -0.3 is 15.5 Å². The van der Waals surface area contributed by atoms with E-state index in [9.17, 15) is 15.5 Å². The fourth-order valence-electron chi connectivity index (χ4n) is 1.75. The van der Waals surface area contributed by atoms with Crippen LogP contribution >= 0.6 is 11.8 Å². The SMILES string of the molecule is CCSc1cccc(NC(CC)(CO)CO)c1C#N. The van der Waals surface area contributed by atoms with Crippen LogP contribution in [0.2, 0.25) is 0 Å². The van der Waals surface area contributed by atoms with Crippen LogP contribution < -0.4 is 5.32 Å². The van der Waals surface area contributed by atoms with Gasteiger partial charge in [0.25, 0.3) is 0 Å². The molecule has 3 N–H and O–H groups in total. The van der Waals surface area contributed by atoms with Gasteiger partial charge in [0.1, 0.15) is 6.07 Å². The van der Waals surface area contributed by atoms with Crippen molar-refractivity contribution < 1.29 is 10.2 Å². The maximum absolute atomic E-state index is 9.46. The Morgan fingerprint density at radius 3 is 2.47 bits per heavy atom. The van der Waals surface area contributed by atoms with E-state index in [0.29, 0.717) is 17.7 Å². The molecule has 1 rings (SSSR count). The molecule has 1 aromatic rings. The predicted molar refractivity (Wildman–Crippen MR) is 78.4 cm³/mol. The zero-order valence-corrected chi connectivity index (χ0v) is 12.1. The number of thioether (sulfide) groups is 1. The van der Waals surface area contributed by atoms with Crippen molar-refractivity contribution in [2.24, 2.45) is 0 Å². The quantitative estimate of drug-likeness (QED) is 0.668. The zero-order valence-electron chi connectivity index (χ0n) is 11.3. The van der Waals surface area contributed by atoms with Crippen LogP contribution in [0.3, 0.4) is 0 Å². The zero-order chi connectivity index (χ0) is 14.3. The summed E-state index contributed by atoms with van der Waals surface area (Å²) < 4.78 is 0. The van der Waals surface area contributed by atoms with Crippen LogP contribution in [-0.2, 0) is 0 Å². The summed E-state index contributed by atoms with van der Waals surface area (Å²) in [6.45, 7) is 3.55. The maximum Gasteiger partial charge on any atom is 0.102 e. The van der Waals surface area contributed by atoms with Crippen molar-refractivity contribution in [2.45, 2.75) is 30.7 Å². The normalized spacial score (nSPS) is 11.1. The number of hydrogen-bond donors (Lipinski definition) is 3. The van der Waals surface area contributed by atoms with E-state index < -0.39 is 5.54 Å². The molecule has 0 saturated carbocycles. The van der Waals surface area contributed by atoms with Gasteiger partial charge in [-0.25, -0.2) is 0 Å². The van der Waals surface area contributed by atoms with Crippen molar-refractivity contribution in [3.05, 3.63) is 23.8 Å². The first-order valence-electron chi connectivity index (χ1n) is 6.32. The third kappa shape index (κ3) is 3.63. The molecule has 0 amide bonds. The first-order valence-corrected chi connectivity index (χ1v) is 7.30. The van der Waals surface area contributed by atoms with Gasteiger partial charge in [-0.3, -0.25) is 0 Å². The van der Waals surface area contributed by atoms with Crippen LogP contribution in [-0.4, -0.2) is 34.7 Å². The minimum absolute atomic E-state index is 0.185. The fourth-order valence-corrected chi connectivity index (χ4v) is 2.54. The number of anilines is 1. The Morgan fingerprint density at radius 2 is 2.00 bits per heavy atom. The van der Waals surface area contributed by atoms with Crippen molar-refractivity contribution in [3.8, 4) is 6.07 Å². The summed E-state index contributed by atoms with van der Waals surface area (Å²) in [6, 6.07) is 7.77. The van der Waals surface area contributed by atoms with Gasteiger partial charge in [-0.2, -0.15) is 5.26 Å². The maximum atomic E-state index is 9.46. The molecule has 0 fully saturated rings. The second kappa shape index (κ2) is 7.39. The van der Waals surface area contributed by atoms with Gasteiger partial charge in [0, 0.05) is 4.90 Å². The van der Waals surface area contributed by atoms with Crippen LogP contribution in [0.25, 0.3) is 0 Å². The van der Waals surface area contributed by atoms with Crippen molar-refractivity contribution in [1.29, 1.82) is 5.26 Å². The van der Waals surface area contributed by atoms with Gasteiger partial charge in [0.05, 0.1) is 30.0 Å². The largest absolute Gasteiger partial charge is 0.394 e. The van der Waals surface area contributed by atoms with Crippen LogP contribution in [0.5, 0.6) is 0 Å². The Hall–Kier alpha value is -1.22. The number of aliphatic hydroxyl groups is 2. The molecule has 5 heteroatoms. The van der Waals surface area contributed by atoms with Crippen molar-refractivity contribution in [3.63, 3.8) is 0 Å². The smallest absolute Gasteiger partial charge is 0.102 e. The molecule has 1 aromatic carbocycles. The van der Waals surface area contributed by atoms with E-state index in [-0.39, 0.29) is 13.2 Å². The van der Waals surface area contributed by atoms with Gasteiger partial charge in [-0.1, -0.05) is 19.9 Å². The summed E-state index contributed by atoms with van der Waals surface area (Å²) in [4.78, 5) is 0.913. The third-order valence-electron chi connectivity index (χ3n) is 3.12. The van der Waals surface area contributed by atoms with Gasteiger partial charge in [0.15, 0.2) is 0 Å². The Kier molecular flexibility index (Phi) is 6.16. The number of nitrogens with zero attached hydrogens (tertiary/aromatic N) is 1. The average molecular weight is 280 g/mol. The molecule has 0 radical (unpaired) electrons. The number of nitriles is 1. The number of benzene rings is 1. The molecule has 19 heavy (non-hydrogen) atoms. The highest BCUT2D eigenvalue weighted by atomic mass is 32.2. The predicted octanol–water partition coefficient (Wildman–Crippen LogP) is 2.22. The van der Waals surface area contributed by atoms with Crippen LogP contribution in [0.4, 0.5) is 5.69 Å².